The molecule has 178 valence electrons. The zero-order valence-corrected chi connectivity index (χ0v) is 20.9. The largest absolute Gasteiger partial charge is 0.490 e. The lowest BCUT2D eigenvalue weighted by atomic mass is 9.68. The van der Waals surface area contributed by atoms with Crippen molar-refractivity contribution < 1.29 is 19.1 Å². The molecule has 0 spiro atoms. The number of rotatable bonds is 6. The zero-order chi connectivity index (χ0) is 24.5. The van der Waals surface area contributed by atoms with Crippen LogP contribution in [-0.2, 0) is 14.3 Å². The second-order valence-corrected chi connectivity index (χ2v) is 10.2. The highest BCUT2D eigenvalue weighted by molar-refractivity contribution is 6.35. The predicted octanol–water partition coefficient (Wildman–Crippen LogP) is 6.22. The number of hydrogen-bond acceptors (Lipinski definition) is 5. The zero-order valence-electron chi connectivity index (χ0n) is 19.4. The number of nitrogens with one attached hydrogen (secondary N) is 1. The number of benzene rings is 2. The first-order valence-corrected chi connectivity index (χ1v) is 12.0. The molecule has 1 aliphatic heterocycles. The van der Waals surface area contributed by atoms with Crippen molar-refractivity contribution in [2.45, 2.75) is 39.5 Å². The first-order chi connectivity index (χ1) is 16.2. The summed E-state index contributed by atoms with van der Waals surface area (Å²) in [7, 11) is 0. The number of hydrogen-bond donors (Lipinski definition) is 1. The molecule has 0 bridgehead atoms. The van der Waals surface area contributed by atoms with Crippen LogP contribution in [0.4, 0.5) is 0 Å². The highest BCUT2D eigenvalue weighted by atomic mass is 35.5. The van der Waals surface area contributed by atoms with Crippen molar-refractivity contribution in [2.75, 3.05) is 13.2 Å². The number of dihydropyridines is 1. The summed E-state index contributed by atoms with van der Waals surface area (Å²) in [6.07, 6.45) is 1.09. The molecule has 1 atom stereocenters. The molecule has 0 saturated carbocycles. The normalized spacial score (nSPS) is 19.4. The van der Waals surface area contributed by atoms with E-state index in [2.05, 4.69) is 19.2 Å². The minimum absolute atomic E-state index is 0.0000207. The molecule has 7 heteroatoms. The molecular weight excluding hydrogens is 473 g/mol. The summed E-state index contributed by atoms with van der Waals surface area (Å²) in [5.74, 6) is -0.446. The Morgan fingerprint density at radius 1 is 1.09 bits per heavy atom. The number of Topliss-reactive ketones (excluding diaryl/α,β-unsaturated/α-hetero) is 1. The third-order valence-electron chi connectivity index (χ3n) is 6.06. The molecule has 1 N–H and O–H groups in total. The van der Waals surface area contributed by atoms with E-state index >= 15 is 0 Å². The third-order valence-corrected chi connectivity index (χ3v) is 6.62. The Kier molecular flexibility index (Phi) is 7.06. The molecule has 0 amide bonds. The van der Waals surface area contributed by atoms with E-state index in [4.69, 9.17) is 32.7 Å². The Hall–Kier alpha value is -2.76. The second kappa shape index (κ2) is 9.85. The maximum absolute atomic E-state index is 13.3. The Labute approximate surface area is 209 Å². The van der Waals surface area contributed by atoms with Gasteiger partial charge >= 0.3 is 5.97 Å². The van der Waals surface area contributed by atoms with E-state index in [1.165, 1.54) is 0 Å². The van der Waals surface area contributed by atoms with Crippen LogP contribution < -0.4 is 10.1 Å². The number of esters is 1. The van der Waals surface area contributed by atoms with Gasteiger partial charge in [0.2, 0.25) is 0 Å². The molecule has 2 aromatic carbocycles. The first-order valence-electron chi connectivity index (χ1n) is 11.2. The standard InChI is InChI=1S/C27H27Cl2NO4/c1-16-23(26(32)34-12-11-33-18-7-5-4-6-8-18)24(19-10-9-17(28)13-20(19)29)25-21(30-16)14-27(2,3)15-22(25)31/h4-10,13,24,30H,11-12,14-15H2,1-3H3. The number of carbonyl (C=O) groups excluding carboxylic acids is 2. The van der Waals surface area contributed by atoms with Crippen molar-refractivity contribution in [3.63, 3.8) is 0 Å². The number of halogens is 2. The lowest BCUT2D eigenvalue weighted by molar-refractivity contribution is -0.140. The number of para-hydroxylation sites is 1. The molecule has 1 aliphatic carbocycles. The van der Waals surface area contributed by atoms with Gasteiger partial charge in [-0.1, -0.05) is 61.3 Å². The van der Waals surface area contributed by atoms with E-state index < -0.39 is 11.9 Å². The average Bonchev–Trinajstić information content (AvgIpc) is 2.75. The van der Waals surface area contributed by atoms with Gasteiger partial charge in [-0.15, -0.1) is 0 Å². The van der Waals surface area contributed by atoms with Crippen LogP contribution in [-0.4, -0.2) is 25.0 Å². The van der Waals surface area contributed by atoms with Crippen molar-refractivity contribution in [2.24, 2.45) is 5.41 Å². The van der Waals surface area contributed by atoms with Crippen LogP contribution in [0, 0.1) is 5.41 Å². The van der Waals surface area contributed by atoms with Gasteiger partial charge in [-0.25, -0.2) is 4.79 Å². The molecule has 1 heterocycles. The van der Waals surface area contributed by atoms with Crippen LogP contribution in [0.2, 0.25) is 10.0 Å². The lowest BCUT2D eigenvalue weighted by Gasteiger charge is -2.39. The molecule has 0 fully saturated rings. The summed E-state index contributed by atoms with van der Waals surface area (Å²) < 4.78 is 11.2. The second-order valence-electron chi connectivity index (χ2n) is 9.39. The Morgan fingerprint density at radius 3 is 2.53 bits per heavy atom. The first kappa shape index (κ1) is 24.4. The average molecular weight is 500 g/mol. The van der Waals surface area contributed by atoms with Crippen LogP contribution in [0.15, 0.2) is 71.1 Å². The highest BCUT2D eigenvalue weighted by Gasteiger charge is 2.43. The maximum atomic E-state index is 13.3. The monoisotopic (exact) mass is 499 g/mol. The minimum atomic E-state index is -0.632. The van der Waals surface area contributed by atoms with Gasteiger partial charge in [0, 0.05) is 39.4 Å². The molecule has 5 nitrogen and oxygen atoms in total. The van der Waals surface area contributed by atoms with Crippen LogP contribution in [0.1, 0.15) is 45.1 Å². The molecule has 0 aromatic heterocycles. The fourth-order valence-corrected chi connectivity index (χ4v) is 5.16. The summed E-state index contributed by atoms with van der Waals surface area (Å²) in [6, 6.07) is 14.4. The number of carbonyl (C=O) groups is 2. The summed E-state index contributed by atoms with van der Waals surface area (Å²) >= 11 is 12.7. The van der Waals surface area contributed by atoms with Gasteiger partial charge in [0.1, 0.15) is 19.0 Å². The molecule has 4 rings (SSSR count). The molecule has 2 aliphatic rings. The van der Waals surface area contributed by atoms with E-state index in [-0.39, 0.29) is 24.4 Å². The number of ether oxygens (including phenoxy) is 2. The lowest BCUT2D eigenvalue weighted by Crippen LogP contribution is -2.39. The maximum Gasteiger partial charge on any atom is 0.336 e. The van der Waals surface area contributed by atoms with Crippen molar-refractivity contribution in [1.82, 2.24) is 5.32 Å². The van der Waals surface area contributed by atoms with Crippen molar-refractivity contribution in [3.05, 3.63) is 86.7 Å². The fourth-order valence-electron chi connectivity index (χ4n) is 4.64. The molecule has 0 radical (unpaired) electrons. The minimum Gasteiger partial charge on any atom is -0.490 e. The molecule has 34 heavy (non-hydrogen) atoms. The summed E-state index contributed by atoms with van der Waals surface area (Å²) in [5.41, 5.74) is 2.90. The van der Waals surface area contributed by atoms with Crippen LogP contribution in [0.5, 0.6) is 5.75 Å². The topological polar surface area (TPSA) is 64.6 Å². The van der Waals surface area contributed by atoms with E-state index in [1.54, 1.807) is 18.2 Å². The van der Waals surface area contributed by atoms with Gasteiger partial charge in [-0.2, -0.15) is 0 Å². The summed E-state index contributed by atoms with van der Waals surface area (Å²) in [5, 5.41) is 4.20. The summed E-state index contributed by atoms with van der Waals surface area (Å²) in [6.45, 7) is 6.23. The van der Waals surface area contributed by atoms with E-state index in [1.807, 2.05) is 37.3 Å². The van der Waals surface area contributed by atoms with E-state index in [9.17, 15) is 9.59 Å². The van der Waals surface area contributed by atoms with Crippen LogP contribution in [0.3, 0.4) is 0 Å². The van der Waals surface area contributed by atoms with Crippen LogP contribution in [0.25, 0.3) is 0 Å². The van der Waals surface area contributed by atoms with Gasteiger partial charge in [0.15, 0.2) is 5.78 Å². The van der Waals surface area contributed by atoms with Gasteiger partial charge in [0.05, 0.1) is 5.57 Å². The van der Waals surface area contributed by atoms with Crippen molar-refractivity contribution in [1.29, 1.82) is 0 Å². The Balaban J connectivity index is 1.63. The number of allylic oxidation sites excluding steroid dienone is 3. The van der Waals surface area contributed by atoms with Gasteiger partial charge in [-0.3, -0.25) is 4.79 Å². The van der Waals surface area contributed by atoms with E-state index in [0.29, 0.717) is 51.0 Å². The molecule has 2 aromatic rings. The molecule has 1 unspecified atom stereocenters. The third kappa shape index (κ3) is 5.16. The van der Waals surface area contributed by atoms with Crippen molar-refractivity contribution in [3.8, 4) is 5.75 Å². The van der Waals surface area contributed by atoms with Gasteiger partial charge < -0.3 is 14.8 Å². The Bertz CT molecular complexity index is 1180. The van der Waals surface area contributed by atoms with Gasteiger partial charge in [0.25, 0.3) is 0 Å². The van der Waals surface area contributed by atoms with E-state index in [0.717, 1.165) is 5.70 Å². The SMILES string of the molecule is CC1=C(C(=O)OCCOc2ccccc2)C(c2ccc(Cl)cc2Cl)C2=C(CC(C)(C)CC2=O)N1. The van der Waals surface area contributed by atoms with Gasteiger partial charge in [-0.05, 0) is 48.6 Å². The molecule has 0 saturated heterocycles. The Morgan fingerprint density at radius 2 is 1.82 bits per heavy atom. The predicted molar refractivity (Wildman–Crippen MR) is 133 cm³/mol. The smallest absolute Gasteiger partial charge is 0.336 e. The highest BCUT2D eigenvalue weighted by Crippen LogP contribution is 2.48. The quantitative estimate of drug-likeness (QED) is 0.377. The number of ketones is 1. The van der Waals surface area contributed by atoms with Crippen LogP contribution >= 0.6 is 23.2 Å². The fraction of sp³-hybridized carbons (Fsp3) is 0.333. The molecular formula is C27H27Cl2NO4. The summed E-state index contributed by atoms with van der Waals surface area (Å²) in [4.78, 5) is 26.6. The van der Waals surface area contributed by atoms with Crippen molar-refractivity contribution >= 4 is 35.0 Å².